The second kappa shape index (κ2) is 5.05. The summed E-state index contributed by atoms with van der Waals surface area (Å²) in [7, 11) is 0. The molecule has 0 bridgehead atoms. The highest BCUT2D eigenvalue weighted by Crippen LogP contribution is 2.25. The maximum atomic E-state index is 10.9. The number of anilines is 1. The van der Waals surface area contributed by atoms with Gasteiger partial charge < -0.3 is 5.73 Å². The number of rotatable bonds is 3. The minimum atomic E-state index is -0.541. The standard InChI is InChI=1S/C12H10N4O2/c13-12-11(16(17)18)9(6-8-15-12)4-5-10-3-1-2-7-14-10/h1-8H,(H2,13,15)/b5-4+. The summed E-state index contributed by atoms with van der Waals surface area (Å²) >= 11 is 0. The Balaban J connectivity index is 2.38. The zero-order valence-electron chi connectivity index (χ0n) is 9.35. The largest absolute Gasteiger partial charge is 0.378 e. The van der Waals surface area contributed by atoms with Crippen molar-refractivity contribution in [1.29, 1.82) is 0 Å². The van der Waals surface area contributed by atoms with Crippen molar-refractivity contribution >= 4 is 23.7 Å². The zero-order valence-corrected chi connectivity index (χ0v) is 9.35. The van der Waals surface area contributed by atoms with Crippen molar-refractivity contribution in [3.8, 4) is 0 Å². The topological polar surface area (TPSA) is 94.9 Å². The molecule has 6 nitrogen and oxygen atoms in total. The van der Waals surface area contributed by atoms with E-state index < -0.39 is 4.92 Å². The van der Waals surface area contributed by atoms with Crippen LogP contribution in [0.1, 0.15) is 11.3 Å². The normalized spacial score (nSPS) is 10.7. The lowest BCUT2D eigenvalue weighted by Crippen LogP contribution is -2.00. The SMILES string of the molecule is Nc1nccc(/C=C/c2ccccn2)c1[N+](=O)[O-]. The van der Waals surface area contributed by atoms with Gasteiger partial charge in [-0.05, 0) is 30.4 Å². The van der Waals surface area contributed by atoms with Crippen LogP contribution in [0.25, 0.3) is 12.2 Å². The molecule has 2 aromatic rings. The van der Waals surface area contributed by atoms with Crippen molar-refractivity contribution in [2.75, 3.05) is 5.73 Å². The van der Waals surface area contributed by atoms with Crippen molar-refractivity contribution in [3.05, 3.63) is 58.0 Å². The Labute approximate surface area is 103 Å². The molecule has 0 saturated heterocycles. The van der Waals surface area contributed by atoms with Crippen molar-refractivity contribution in [1.82, 2.24) is 9.97 Å². The number of hydrogen-bond acceptors (Lipinski definition) is 5. The number of nitro groups is 1. The lowest BCUT2D eigenvalue weighted by atomic mass is 10.2. The summed E-state index contributed by atoms with van der Waals surface area (Å²) in [4.78, 5) is 18.1. The molecule has 0 saturated carbocycles. The molecular weight excluding hydrogens is 232 g/mol. The quantitative estimate of drug-likeness (QED) is 0.657. The van der Waals surface area contributed by atoms with E-state index in [-0.39, 0.29) is 11.5 Å². The van der Waals surface area contributed by atoms with Gasteiger partial charge in [0.05, 0.1) is 16.2 Å². The van der Waals surface area contributed by atoms with E-state index in [9.17, 15) is 10.1 Å². The fourth-order valence-corrected chi connectivity index (χ4v) is 1.47. The van der Waals surface area contributed by atoms with Crippen molar-refractivity contribution in [2.24, 2.45) is 0 Å². The summed E-state index contributed by atoms with van der Waals surface area (Å²) in [5.41, 5.74) is 6.41. The number of nitrogen functional groups attached to an aromatic ring is 1. The number of aromatic nitrogens is 2. The van der Waals surface area contributed by atoms with Gasteiger partial charge in [-0.15, -0.1) is 0 Å². The minimum Gasteiger partial charge on any atom is -0.378 e. The van der Waals surface area contributed by atoms with Gasteiger partial charge in [-0.1, -0.05) is 6.07 Å². The van der Waals surface area contributed by atoms with Gasteiger partial charge in [-0.2, -0.15) is 0 Å². The highest BCUT2D eigenvalue weighted by atomic mass is 16.6. The van der Waals surface area contributed by atoms with Crippen LogP contribution < -0.4 is 5.73 Å². The third-order valence-electron chi connectivity index (χ3n) is 2.29. The van der Waals surface area contributed by atoms with Crippen molar-refractivity contribution < 1.29 is 4.92 Å². The Morgan fingerprint density at radius 3 is 2.67 bits per heavy atom. The molecule has 0 aromatic carbocycles. The first-order valence-corrected chi connectivity index (χ1v) is 5.16. The van der Waals surface area contributed by atoms with Crippen LogP contribution in [0.3, 0.4) is 0 Å². The Morgan fingerprint density at radius 2 is 2.00 bits per heavy atom. The number of nitrogens with zero attached hydrogens (tertiary/aromatic N) is 3. The summed E-state index contributed by atoms with van der Waals surface area (Å²) < 4.78 is 0. The van der Waals surface area contributed by atoms with Crippen LogP contribution in [0.4, 0.5) is 11.5 Å². The fourth-order valence-electron chi connectivity index (χ4n) is 1.47. The van der Waals surface area contributed by atoms with Crippen LogP contribution in [0.2, 0.25) is 0 Å². The lowest BCUT2D eigenvalue weighted by Gasteiger charge is -1.99. The van der Waals surface area contributed by atoms with Gasteiger partial charge in [-0.3, -0.25) is 15.1 Å². The fraction of sp³-hybridized carbons (Fsp3) is 0. The van der Waals surface area contributed by atoms with Crippen LogP contribution in [0.5, 0.6) is 0 Å². The Bertz CT molecular complexity index is 596. The van der Waals surface area contributed by atoms with Crippen molar-refractivity contribution in [3.63, 3.8) is 0 Å². The molecule has 0 fully saturated rings. The average molecular weight is 242 g/mol. The van der Waals surface area contributed by atoms with Crippen LogP contribution in [-0.4, -0.2) is 14.9 Å². The minimum absolute atomic E-state index is 0.0943. The summed E-state index contributed by atoms with van der Waals surface area (Å²) in [5.74, 6) is -0.0943. The molecule has 0 radical (unpaired) electrons. The molecule has 18 heavy (non-hydrogen) atoms. The first-order chi connectivity index (χ1) is 8.68. The molecule has 2 heterocycles. The molecule has 0 spiro atoms. The monoisotopic (exact) mass is 242 g/mol. The van der Waals surface area contributed by atoms with E-state index in [0.29, 0.717) is 11.3 Å². The summed E-state index contributed by atoms with van der Waals surface area (Å²) in [5, 5.41) is 10.9. The van der Waals surface area contributed by atoms with Crippen LogP contribution in [0, 0.1) is 10.1 Å². The van der Waals surface area contributed by atoms with Gasteiger partial charge in [0.25, 0.3) is 0 Å². The molecule has 6 heteroatoms. The van der Waals surface area contributed by atoms with Gasteiger partial charge in [0, 0.05) is 12.4 Å². The van der Waals surface area contributed by atoms with Gasteiger partial charge in [0.15, 0.2) is 0 Å². The van der Waals surface area contributed by atoms with E-state index in [4.69, 9.17) is 5.73 Å². The molecule has 2 rings (SSSR count). The predicted octanol–water partition coefficient (Wildman–Crippen LogP) is 2.14. The smallest absolute Gasteiger partial charge is 0.318 e. The third-order valence-corrected chi connectivity index (χ3v) is 2.29. The summed E-state index contributed by atoms with van der Waals surface area (Å²) in [6.45, 7) is 0. The maximum Gasteiger partial charge on any atom is 0.318 e. The Morgan fingerprint density at radius 1 is 1.17 bits per heavy atom. The van der Waals surface area contributed by atoms with Crippen molar-refractivity contribution in [2.45, 2.75) is 0 Å². The Kier molecular flexibility index (Phi) is 3.29. The lowest BCUT2D eigenvalue weighted by molar-refractivity contribution is -0.384. The molecule has 0 amide bonds. The molecule has 2 aromatic heterocycles. The van der Waals surface area contributed by atoms with E-state index in [0.717, 1.165) is 0 Å². The number of hydrogen-bond donors (Lipinski definition) is 1. The molecular formula is C12H10N4O2. The third kappa shape index (κ3) is 2.49. The molecule has 0 unspecified atom stereocenters. The van der Waals surface area contributed by atoms with Gasteiger partial charge in [0.2, 0.25) is 5.82 Å². The zero-order chi connectivity index (χ0) is 13.0. The van der Waals surface area contributed by atoms with Crippen LogP contribution >= 0.6 is 0 Å². The van der Waals surface area contributed by atoms with E-state index in [2.05, 4.69) is 9.97 Å². The molecule has 0 aliphatic heterocycles. The number of nitrogens with two attached hydrogens (primary N) is 1. The molecule has 0 atom stereocenters. The second-order valence-electron chi connectivity index (χ2n) is 3.48. The molecule has 2 N–H and O–H groups in total. The van der Waals surface area contributed by atoms with Gasteiger partial charge in [0.1, 0.15) is 0 Å². The molecule has 0 aliphatic rings. The van der Waals surface area contributed by atoms with Crippen LogP contribution in [0.15, 0.2) is 36.7 Å². The van der Waals surface area contributed by atoms with Gasteiger partial charge >= 0.3 is 5.69 Å². The highest BCUT2D eigenvalue weighted by molar-refractivity contribution is 5.76. The Hall–Kier alpha value is -2.76. The first-order valence-electron chi connectivity index (χ1n) is 5.16. The van der Waals surface area contributed by atoms with E-state index >= 15 is 0 Å². The van der Waals surface area contributed by atoms with E-state index in [1.54, 1.807) is 30.5 Å². The molecule has 90 valence electrons. The number of pyridine rings is 2. The summed E-state index contributed by atoms with van der Waals surface area (Å²) in [6.07, 6.45) is 6.36. The maximum absolute atomic E-state index is 10.9. The van der Waals surface area contributed by atoms with Gasteiger partial charge in [-0.25, -0.2) is 4.98 Å². The van der Waals surface area contributed by atoms with E-state index in [1.165, 1.54) is 12.3 Å². The molecule has 0 aliphatic carbocycles. The predicted molar refractivity (Wildman–Crippen MR) is 68.5 cm³/mol. The van der Waals surface area contributed by atoms with Crippen LogP contribution in [-0.2, 0) is 0 Å². The average Bonchev–Trinajstić information content (AvgIpc) is 2.37. The second-order valence-corrected chi connectivity index (χ2v) is 3.48. The summed E-state index contributed by atoms with van der Waals surface area (Å²) in [6, 6.07) is 6.97. The highest BCUT2D eigenvalue weighted by Gasteiger charge is 2.16. The van der Waals surface area contributed by atoms with E-state index in [1.807, 2.05) is 6.07 Å². The first kappa shape index (κ1) is 11.7.